The quantitative estimate of drug-likeness (QED) is 0.252. The van der Waals surface area contributed by atoms with Gasteiger partial charge < -0.3 is 19.7 Å². The summed E-state index contributed by atoms with van der Waals surface area (Å²) < 4.78 is 10.8. The van der Waals surface area contributed by atoms with Crippen LogP contribution in [0.2, 0.25) is 0 Å². The molecule has 0 bridgehead atoms. The Morgan fingerprint density at radius 2 is 1.69 bits per heavy atom. The van der Waals surface area contributed by atoms with E-state index in [0.717, 1.165) is 16.7 Å². The molecule has 1 N–H and O–H groups in total. The Morgan fingerprint density at radius 1 is 1.00 bits per heavy atom. The molecule has 39 heavy (non-hydrogen) atoms. The molecule has 0 aliphatic rings. The minimum Gasteiger partial charge on any atom is -0.490 e. The number of amides is 2. The maximum atomic E-state index is 13.7. The molecule has 3 aromatic rings. The molecule has 0 unspecified atom stereocenters. The molecular weight excluding hydrogens is 498 g/mol. The third-order valence-corrected chi connectivity index (χ3v) is 6.14. The minimum absolute atomic E-state index is 0.0245. The molecule has 0 aliphatic heterocycles. The lowest BCUT2D eigenvalue weighted by Gasteiger charge is -2.31. The first-order valence-electron chi connectivity index (χ1n) is 12.8. The standard InChI is InChI=1S/C30H35N3O6/c1-21(2)18-31-30(35)27(16-23-8-6-5-7-9-23)32(19-24-12-10-22(3)11-13-24)29(34)20-39-25-14-15-26(33(36)37)28(17-25)38-4/h5-15,17,21,27H,16,18-20H2,1-4H3,(H,31,35)/t27-/m0/s1. The Balaban J connectivity index is 1.90. The number of rotatable bonds is 13. The largest absolute Gasteiger partial charge is 0.490 e. The van der Waals surface area contributed by atoms with Crippen LogP contribution < -0.4 is 14.8 Å². The fourth-order valence-electron chi connectivity index (χ4n) is 3.99. The molecule has 1 atom stereocenters. The van der Waals surface area contributed by atoms with Crippen LogP contribution in [0.3, 0.4) is 0 Å². The molecule has 0 saturated carbocycles. The van der Waals surface area contributed by atoms with Crippen LogP contribution in [-0.2, 0) is 22.6 Å². The lowest BCUT2D eigenvalue weighted by atomic mass is 10.0. The van der Waals surface area contributed by atoms with Crippen molar-refractivity contribution in [1.29, 1.82) is 0 Å². The highest BCUT2D eigenvalue weighted by atomic mass is 16.6. The predicted molar refractivity (Wildman–Crippen MR) is 149 cm³/mol. The maximum absolute atomic E-state index is 13.7. The van der Waals surface area contributed by atoms with Crippen LogP contribution in [0.4, 0.5) is 5.69 Å². The molecular formula is C30H35N3O6. The van der Waals surface area contributed by atoms with E-state index in [-0.39, 0.29) is 42.2 Å². The smallest absolute Gasteiger partial charge is 0.311 e. The molecule has 0 fully saturated rings. The van der Waals surface area contributed by atoms with Crippen LogP contribution in [0, 0.1) is 23.0 Å². The van der Waals surface area contributed by atoms with E-state index in [1.165, 1.54) is 30.2 Å². The van der Waals surface area contributed by atoms with E-state index in [0.29, 0.717) is 13.0 Å². The van der Waals surface area contributed by atoms with Gasteiger partial charge in [-0.15, -0.1) is 0 Å². The van der Waals surface area contributed by atoms with Gasteiger partial charge in [0, 0.05) is 31.6 Å². The van der Waals surface area contributed by atoms with Crippen molar-refractivity contribution in [2.24, 2.45) is 5.92 Å². The SMILES string of the molecule is COc1cc(OCC(=O)N(Cc2ccc(C)cc2)[C@@H](Cc2ccccc2)C(=O)NCC(C)C)ccc1[N+](=O)[O-]. The zero-order chi connectivity index (χ0) is 28.4. The van der Waals surface area contributed by atoms with E-state index < -0.39 is 16.9 Å². The van der Waals surface area contributed by atoms with Gasteiger partial charge in [-0.1, -0.05) is 74.0 Å². The van der Waals surface area contributed by atoms with Crippen LogP contribution in [0.25, 0.3) is 0 Å². The summed E-state index contributed by atoms with van der Waals surface area (Å²) in [5, 5.41) is 14.2. The van der Waals surface area contributed by atoms with Crippen LogP contribution in [0.5, 0.6) is 11.5 Å². The number of carbonyl (C=O) groups is 2. The summed E-state index contributed by atoms with van der Waals surface area (Å²) >= 11 is 0. The predicted octanol–water partition coefficient (Wildman–Crippen LogP) is 4.70. The number of nitrogens with one attached hydrogen (secondary N) is 1. The van der Waals surface area contributed by atoms with Crippen molar-refractivity contribution in [3.05, 3.63) is 99.6 Å². The summed E-state index contributed by atoms with van der Waals surface area (Å²) in [6.07, 6.45) is 0.327. The Labute approximate surface area is 228 Å². The van der Waals surface area contributed by atoms with Crippen molar-refractivity contribution in [3.63, 3.8) is 0 Å². The monoisotopic (exact) mass is 533 g/mol. The number of carbonyl (C=O) groups excluding carboxylic acids is 2. The van der Waals surface area contributed by atoms with E-state index in [9.17, 15) is 19.7 Å². The van der Waals surface area contributed by atoms with Gasteiger partial charge in [0.1, 0.15) is 11.8 Å². The zero-order valence-corrected chi connectivity index (χ0v) is 22.8. The number of nitro groups is 1. The zero-order valence-electron chi connectivity index (χ0n) is 22.8. The molecule has 0 saturated heterocycles. The number of hydrogen-bond donors (Lipinski definition) is 1. The van der Waals surface area contributed by atoms with Gasteiger partial charge in [-0.05, 0) is 30.0 Å². The molecule has 0 spiro atoms. The van der Waals surface area contributed by atoms with E-state index in [1.54, 1.807) is 0 Å². The van der Waals surface area contributed by atoms with E-state index >= 15 is 0 Å². The molecule has 206 valence electrons. The number of nitro benzene ring substituents is 1. The Morgan fingerprint density at radius 3 is 2.31 bits per heavy atom. The maximum Gasteiger partial charge on any atom is 0.311 e. The minimum atomic E-state index is -0.782. The topological polar surface area (TPSA) is 111 Å². The fraction of sp³-hybridized carbons (Fsp3) is 0.333. The summed E-state index contributed by atoms with van der Waals surface area (Å²) in [5.41, 5.74) is 2.68. The summed E-state index contributed by atoms with van der Waals surface area (Å²) in [6, 6.07) is 20.6. The summed E-state index contributed by atoms with van der Waals surface area (Å²) in [4.78, 5) is 39.3. The normalized spacial score (nSPS) is 11.5. The molecule has 3 rings (SSSR count). The number of benzene rings is 3. The first-order valence-corrected chi connectivity index (χ1v) is 12.8. The van der Waals surface area contributed by atoms with Gasteiger partial charge in [0.25, 0.3) is 5.91 Å². The van der Waals surface area contributed by atoms with E-state index in [2.05, 4.69) is 5.32 Å². The first-order chi connectivity index (χ1) is 18.7. The molecule has 9 heteroatoms. The molecule has 0 aliphatic carbocycles. The van der Waals surface area contributed by atoms with Gasteiger partial charge in [0.05, 0.1) is 12.0 Å². The van der Waals surface area contributed by atoms with Gasteiger partial charge in [0.15, 0.2) is 6.61 Å². The lowest BCUT2D eigenvalue weighted by molar-refractivity contribution is -0.385. The third kappa shape index (κ3) is 8.56. The molecule has 2 amide bonds. The molecule has 0 heterocycles. The second-order valence-electron chi connectivity index (χ2n) is 9.73. The molecule has 9 nitrogen and oxygen atoms in total. The number of hydrogen-bond acceptors (Lipinski definition) is 6. The van der Waals surface area contributed by atoms with Gasteiger partial charge >= 0.3 is 5.69 Å². The van der Waals surface area contributed by atoms with Gasteiger partial charge in [-0.2, -0.15) is 0 Å². The van der Waals surface area contributed by atoms with Crippen molar-refractivity contribution in [2.75, 3.05) is 20.3 Å². The van der Waals surface area contributed by atoms with Gasteiger partial charge in [-0.3, -0.25) is 19.7 Å². The van der Waals surface area contributed by atoms with Crippen LogP contribution in [-0.4, -0.2) is 47.9 Å². The third-order valence-electron chi connectivity index (χ3n) is 6.14. The van der Waals surface area contributed by atoms with Crippen LogP contribution in [0.15, 0.2) is 72.8 Å². The second kappa shape index (κ2) is 13.9. The number of nitrogens with zero attached hydrogens (tertiary/aromatic N) is 2. The fourth-order valence-corrected chi connectivity index (χ4v) is 3.99. The average Bonchev–Trinajstić information content (AvgIpc) is 2.93. The number of aryl methyl sites for hydroxylation is 1. The van der Waals surface area contributed by atoms with Crippen molar-refractivity contribution in [2.45, 2.75) is 39.8 Å². The van der Waals surface area contributed by atoms with E-state index in [1.807, 2.05) is 75.4 Å². The molecule has 0 aromatic heterocycles. The molecule has 3 aromatic carbocycles. The summed E-state index contributed by atoms with van der Waals surface area (Å²) in [6.45, 7) is 6.32. The highest BCUT2D eigenvalue weighted by molar-refractivity contribution is 5.88. The van der Waals surface area contributed by atoms with Crippen molar-refractivity contribution < 1.29 is 24.0 Å². The number of ether oxygens (including phenoxy) is 2. The average molecular weight is 534 g/mol. The first kappa shape index (κ1) is 29.2. The number of methoxy groups -OCH3 is 1. The van der Waals surface area contributed by atoms with E-state index in [4.69, 9.17) is 9.47 Å². The Hall–Kier alpha value is -4.40. The van der Waals surface area contributed by atoms with Crippen molar-refractivity contribution >= 4 is 17.5 Å². The summed E-state index contributed by atoms with van der Waals surface area (Å²) in [7, 11) is 1.32. The van der Waals surface area contributed by atoms with Gasteiger partial charge in [-0.25, -0.2) is 0 Å². The van der Waals surface area contributed by atoms with Crippen LogP contribution in [0.1, 0.15) is 30.5 Å². The second-order valence-corrected chi connectivity index (χ2v) is 9.73. The summed E-state index contributed by atoms with van der Waals surface area (Å²) in [5.74, 6) is -0.131. The highest BCUT2D eigenvalue weighted by Crippen LogP contribution is 2.30. The Kier molecular flexibility index (Phi) is 10.4. The van der Waals surface area contributed by atoms with Crippen molar-refractivity contribution in [1.82, 2.24) is 10.2 Å². The highest BCUT2D eigenvalue weighted by Gasteiger charge is 2.31. The lowest BCUT2D eigenvalue weighted by Crippen LogP contribution is -2.52. The molecule has 0 radical (unpaired) electrons. The Bertz CT molecular complexity index is 1260. The van der Waals surface area contributed by atoms with Crippen molar-refractivity contribution in [3.8, 4) is 11.5 Å². The van der Waals surface area contributed by atoms with Gasteiger partial charge in [0.2, 0.25) is 11.7 Å². The van der Waals surface area contributed by atoms with Crippen LogP contribution >= 0.6 is 0 Å².